The van der Waals surface area contributed by atoms with Gasteiger partial charge < -0.3 is 14.4 Å². The van der Waals surface area contributed by atoms with Crippen molar-refractivity contribution in [2.24, 2.45) is 0 Å². The van der Waals surface area contributed by atoms with Crippen molar-refractivity contribution in [2.45, 2.75) is 83.5 Å². The second kappa shape index (κ2) is 7.93. The molecule has 0 N–H and O–H groups in total. The number of urea groups is 1. The standard InChI is InChI=1S/C23H32N2O5/c1-15(2)29-18-9-7-16(8-10-18)17-11-13-23(14-12-17)19(26)25(20(27)24(23)6)21(28)30-22(3,4)5/h7-10,15,17H,11-14H2,1-6H3. The van der Waals surface area contributed by atoms with Gasteiger partial charge >= 0.3 is 12.1 Å². The first-order valence-electron chi connectivity index (χ1n) is 10.6. The van der Waals surface area contributed by atoms with E-state index in [0.717, 1.165) is 18.6 Å². The van der Waals surface area contributed by atoms with Crippen LogP contribution in [0.25, 0.3) is 0 Å². The van der Waals surface area contributed by atoms with Crippen molar-refractivity contribution >= 4 is 18.0 Å². The molecule has 7 heteroatoms. The highest BCUT2D eigenvalue weighted by atomic mass is 16.6. The SMILES string of the molecule is CC(C)Oc1ccc(C2CCC3(CC2)C(=O)N(C(=O)OC(C)(C)C)C(=O)N3C)cc1. The van der Waals surface area contributed by atoms with Gasteiger partial charge in [0.1, 0.15) is 16.9 Å². The van der Waals surface area contributed by atoms with Crippen molar-refractivity contribution in [2.75, 3.05) is 7.05 Å². The molecule has 0 unspecified atom stereocenters. The molecule has 1 aliphatic carbocycles. The van der Waals surface area contributed by atoms with E-state index >= 15 is 0 Å². The molecule has 7 nitrogen and oxygen atoms in total. The quantitative estimate of drug-likeness (QED) is 0.668. The molecule has 0 bridgehead atoms. The summed E-state index contributed by atoms with van der Waals surface area (Å²) in [6.07, 6.45) is 1.78. The van der Waals surface area contributed by atoms with Gasteiger partial charge in [-0.05, 0) is 83.9 Å². The normalized spacial score (nSPS) is 24.7. The number of likely N-dealkylation sites (N-methyl/N-ethyl adjacent to an activating group) is 1. The van der Waals surface area contributed by atoms with Crippen LogP contribution < -0.4 is 4.74 Å². The Labute approximate surface area is 178 Å². The first-order valence-corrected chi connectivity index (χ1v) is 10.6. The molecular formula is C23H32N2O5. The zero-order valence-corrected chi connectivity index (χ0v) is 18.7. The molecule has 1 aromatic rings. The van der Waals surface area contributed by atoms with Crippen molar-refractivity contribution < 1.29 is 23.9 Å². The minimum atomic E-state index is -0.967. The van der Waals surface area contributed by atoms with E-state index in [-0.39, 0.29) is 6.10 Å². The van der Waals surface area contributed by atoms with Crippen LogP contribution in [0.2, 0.25) is 0 Å². The van der Waals surface area contributed by atoms with Crippen LogP contribution in [-0.4, -0.2) is 52.1 Å². The Bertz CT molecular complexity index is 817. The number of amides is 4. The summed E-state index contributed by atoms with van der Waals surface area (Å²) in [5, 5.41) is 0. The van der Waals surface area contributed by atoms with Gasteiger partial charge in [-0.25, -0.2) is 9.59 Å². The number of hydrogen-bond acceptors (Lipinski definition) is 5. The van der Waals surface area contributed by atoms with E-state index in [1.54, 1.807) is 27.8 Å². The summed E-state index contributed by atoms with van der Waals surface area (Å²) in [4.78, 5) is 40.4. The highest BCUT2D eigenvalue weighted by Crippen LogP contribution is 2.45. The third-order valence-corrected chi connectivity index (χ3v) is 5.83. The molecule has 1 aliphatic heterocycles. The summed E-state index contributed by atoms with van der Waals surface area (Å²) in [5.74, 6) is 0.671. The summed E-state index contributed by atoms with van der Waals surface area (Å²) >= 11 is 0. The summed E-state index contributed by atoms with van der Waals surface area (Å²) in [7, 11) is 1.60. The second-order valence-electron chi connectivity index (χ2n) is 9.50. The average molecular weight is 417 g/mol. The number of ether oxygens (including phenoxy) is 2. The average Bonchev–Trinajstić information content (AvgIpc) is 2.82. The van der Waals surface area contributed by atoms with Crippen LogP contribution >= 0.6 is 0 Å². The molecule has 1 spiro atoms. The smallest absolute Gasteiger partial charge is 0.425 e. The Morgan fingerprint density at radius 2 is 1.67 bits per heavy atom. The van der Waals surface area contributed by atoms with E-state index in [2.05, 4.69) is 12.1 Å². The minimum Gasteiger partial charge on any atom is -0.491 e. The Morgan fingerprint density at radius 3 is 2.17 bits per heavy atom. The fraction of sp³-hybridized carbons (Fsp3) is 0.609. The molecular weight excluding hydrogens is 384 g/mol. The molecule has 3 rings (SSSR count). The van der Waals surface area contributed by atoms with Crippen LogP contribution in [0.1, 0.15) is 71.8 Å². The first-order chi connectivity index (χ1) is 13.9. The topological polar surface area (TPSA) is 76.1 Å². The molecule has 1 heterocycles. The van der Waals surface area contributed by atoms with E-state index in [4.69, 9.17) is 9.47 Å². The van der Waals surface area contributed by atoms with Gasteiger partial charge in [-0.2, -0.15) is 4.90 Å². The first kappa shape index (κ1) is 22.1. The molecule has 1 aromatic carbocycles. The van der Waals surface area contributed by atoms with E-state index in [9.17, 15) is 14.4 Å². The molecule has 1 saturated heterocycles. The van der Waals surface area contributed by atoms with Crippen LogP contribution in [0.15, 0.2) is 24.3 Å². The maximum atomic E-state index is 13.2. The van der Waals surface area contributed by atoms with Crippen molar-refractivity contribution in [1.82, 2.24) is 9.80 Å². The molecule has 164 valence electrons. The number of nitrogens with zero attached hydrogens (tertiary/aromatic N) is 2. The van der Waals surface area contributed by atoms with Gasteiger partial charge in [-0.1, -0.05) is 12.1 Å². The summed E-state index contributed by atoms with van der Waals surface area (Å²) in [6.45, 7) is 9.10. The van der Waals surface area contributed by atoms with Crippen molar-refractivity contribution in [1.29, 1.82) is 0 Å². The molecule has 0 atom stereocenters. The Morgan fingerprint density at radius 1 is 1.10 bits per heavy atom. The zero-order valence-electron chi connectivity index (χ0n) is 18.7. The lowest BCUT2D eigenvalue weighted by atomic mass is 9.73. The van der Waals surface area contributed by atoms with Crippen molar-refractivity contribution in [3.8, 4) is 5.75 Å². The monoisotopic (exact) mass is 416 g/mol. The van der Waals surface area contributed by atoms with Crippen LogP contribution in [0.3, 0.4) is 0 Å². The Balaban J connectivity index is 1.71. The highest BCUT2D eigenvalue weighted by Gasteiger charge is 2.59. The van der Waals surface area contributed by atoms with E-state index in [1.165, 1.54) is 10.5 Å². The van der Waals surface area contributed by atoms with Gasteiger partial charge in [0.2, 0.25) is 0 Å². The van der Waals surface area contributed by atoms with Crippen LogP contribution in [-0.2, 0) is 9.53 Å². The van der Waals surface area contributed by atoms with Crippen molar-refractivity contribution in [3.05, 3.63) is 29.8 Å². The third-order valence-electron chi connectivity index (χ3n) is 5.83. The summed E-state index contributed by atoms with van der Waals surface area (Å²) in [5.41, 5.74) is -0.551. The molecule has 1 saturated carbocycles. The lowest BCUT2D eigenvalue weighted by molar-refractivity contribution is -0.134. The second-order valence-corrected chi connectivity index (χ2v) is 9.50. The number of imide groups is 3. The lowest BCUT2D eigenvalue weighted by Crippen LogP contribution is -2.50. The fourth-order valence-corrected chi connectivity index (χ4v) is 4.31. The molecule has 4 amide bonds. The van der Waals surface area contributed by atoms with E-state index in [1.807, 2.05) is 26.0 Å². The Hall–Kier alpha value is -2.57. The molecule has 2 aliphatic rings. The van der Waals surface area contributed by atoms with Gasteiger partial charge in [-0.15, -0.1) is 0 Å². The maximum absolute atomic E-state index is 13.2. The minimum absolute atomic E-state index is 0.125. The van der Waals surface area contributed by atoms with E-state index < -0.39 is 29.2 Å². The molecule has 0 aromatic heterocycles. The van der Waals surface area contributed by atoms with Gasteiger partial charge in [-0.3, -0.25) is 4.79 Å². The summed E-state index contributed by atoms with van der Waals surface area (Å²) < 4.78 is 11.0. The largest absolute Gasteiger partial charge is 0.491 e. The number of carbonyl (C=O) groups is 3. The fourth-order valence-electron chi connectivity index (χ4n) is 4.31. The van der Waals surface area contributed by atoms with Crippen LogP contribution in [0.5, 0.6) is 5.75 Å². The summed E-state index contributed by atoms with van der Waals surface area (Å²) in [6, 6.07) is 7.47. The Kier molecular flexibility index (Phi) is 5.85. The zero-order chi connectivity index (χ0) is 22.3. The van der Waals surface area contributed by atoms with Gasteiger partial charge in [0, 0.05) is 7.05 Å². The maximum Gasteiger partial charge on any atom is 0.425 e. The molecule has 0 radical (unpaired) electrons. The number of benzene rings is 1. The predicted octanol–water partition coefficient (Wildman–Crippen LogP) is 4.70. The number of carbonyl (C=O) groups excluding carboxylic acids is 3. The van der Waals surface area contributed by atoms with Gasteiger partial charge in [0.25, 0.3) is 5.91 Å². The lowest BCUT2D eigenvalue weighted by Gasteiger charge is -2.39. The van der Waals surface area contributed by atoms with Crippen LogP contribution in [0.4, 0.5) is 9.59 Å². The van der Waals surface area contributed by atoms with Gasteiger partial charge in [0.15, 0.2) is 0 Å². The molecule has 30 heavy (non-hydrogen) atoms. The van der Waals surface area contributed by atoms with Crippen molar-refractivity contribution in [3.63, 3.8) is 0 Å². The third kappa shape index (κ3) is 4.16. The van der Waals surface area contributed by atoms with Crippen LogP contribution in [0, 0.1) is 0 Å². The molecule has 2 fully saturated rings. The predicted molar refractivity (Wildman–Crippen MR) is 112 cm³/mol. The number of hydrogen-bond donors (Lipinski definition) is 0. The van der Waals surface area contributed by atoms with E-state index in [0.29, 0.717) is 23.7 Å². The number of rotatable bonds is 3. The van der Waals surface area contributed by atoms with Gasteiger partial charge in [0.05, 0.1) is 6.10 Å². The highest BCUT2D eigenvalue weighted by molar-refractivity contribution is 6.16.